The van der Waals surface area contributed by atoms with Crippen LogP contribution < -0.4 is 4.74 Å². The molecule has 0 heterocycles. The first-order valence-electron chi connectivity index (χ1n) is 6.57. The fourth-order valence-corrected chi connectivity index (χ4v) is 3.27. The molecule has 2 atom stereocenters. The van der Waals surface area contributed by atoms with Crippen molar-refractivity contribution in [2.24, 2.45) is 0 Å². The number of rotatable bonds is 4. The molecule has 0 aromatic heterocycles. The third-order valence-electron chi connectivity index (χ3n) is 3.71. The van der Waals surface area contributed by atoms with Crippen LogP contribution in [0.15, 0.2) is 18.2 Å². The van der Waals surface area contributed by atoms with Gasteiger partial charge in [-0.25, -0.2) is 0 Å². The van der Waals surface area contributed by atoms with E-state index in [4.69, 9.17) is 16.3 Å². The molecule has 2 heteroatoms. The van der Waals surface area contributed by atoms with E-state index in [1.54, 1.807) is 7.11 Å². The third-order valence-corrected chi connectivity index (χ3v) is 4.24. The van der Waals surface area contributed by atoms with Crippen LogP contribution in [0.2, 0.25) is 0 Å². The molecule has 0 bridgehead atoms. The second-order valence-electron chi connectivity index (χ2n) is 4.87. The number of ether oxygens (including phenoxy) is 1. The Balaban J connectivity index is 2.28. The summed E-state index contributed by atoms with van der Waals surface area (Å²) < 4.78 is 5.33. The summed E-state index contributed by atoms with van der Waals surface area (Å²) >= 11 is 6.54. The largest absolute Gasteiger partial charge is 0.497 e. The summed E-state index contributed by atoms with van der Waals surface area (Å²) in [6, 6.07) is 6.45. The molecule has 0 spiro atoms. The van der Waals surface area contributed by atoms with E-state index in [2.05, 4.69) is 25.1 Å². The summed E-state index contributed by atoms with van der Waals surface area (Å²) in [6.07, 6.45) is 5.92. The fraction of sp³-hybridized carbons (Fsp3) is 0.600. The molecule has 1 aromatic rings. The number of hydrogen-bond donors (Lipinski definition) is 0. The fourth-order valence-electron chi connectivity index (χ4n) is 2.79. The van der Waals surface area contributed by atoms with Crippen LogP contribution in [0.1, 0.15) is 49.7 Å². The lowest BCUT2D eigenvalue weighted by molar-refractivity contribution is 0.411. The van der Waals surface area contributed by atoms with Gasteiger partial charge in [0.15, 0.2) is 0 Å². The third kappa shape index (κ3) is 2.77. The van der Waals surface area contributed by atoms with Gasteiger partial charge >= 0.3 is 0 Å². The second kappa shape index (κ2) is 5.77. The van der Waals surface area contributed by atoms with Crippen LogP contribution in [-0.4, -0.2) is 12.5 Å². The number of fused-ring (bicyclic) bond motifs is 1. The summed E-state index contributed by atoms with van der Waals surface area (Å²) in [5.74, 6) is 1.46. The number of alkyl halides is 1. The summed E-state index contributed by atoms with van der Waals surface area (Å²) in [5.41, 5.74) is 2.88. The van der Waals surface area contributed by atoms with Crippen molar-refractivity contribution >= 4 is 11.6 Å². The first-order chi connectivity index (χ1) is 8.26. The summed E-state index contributed by atoms with van der Waals surface area (Å²) in [6.45, 7) is 2.20. The molecule has 1 aliphatic rings. The molecule has 1 nitrogen and oxygen atoms in total. The van der Waals surface area contributed by atoms with Crippen molar-refractivity contribution in [3.63, 3.8) is 0 Å². The molecule has 0 saturated carbocycles. The molecule has 2 rings (SSSR count). The van der Waals surface area contributed by atoms with Gasteiger partial charge in [-0.1, -0.05) is 19.4 Å². The Morgan fingerprint density at radius 1 is 1.47 bits per heavy atom. The highest BCUT2D eigenvalue weighted by Gasteiger charge is 2.26. The molecule has 17 heavy (non-hydrogen) atoms. The minimum Gasteiger partial charge on any atom is -0.497 e. The van der Waals surface area contributed by atoms with Crippen molar-refractivity contribution in [2.45, 2.75) is 50.3 Å². The molecule has 94 valence electrons. The van der Waals surface area contributed by atoms with Gasteiger partial charge in [-0.15, -0.1) is 11.6 Å². The Kier molecular flexibility index (Phi) is 4.33. The van der Waals surface area contributed by atoms with Crippen molar-refractivity contribution in [1.82, 2.24) is 0 Å². The van der Waals surface area contributed by atoms with Gasteiger partial charge in [-0.3, -0.25) is 0 Å². The summed E-state index contributed by atoms with van der Waals surface area (Å²) in [4.78, 5) is 0. The Bertz CT molecular complexity index is 375. The molecule has 1 aromatic carbocycles. The monoisotopic (exact) mass is 252 g/mol. The van der Waals surface area contributed by atoms with Gasteiger partial charge in [0.25, 0.3) is 0 Å². The average Bonchev–Trinajstić information content (AvgIpc) is 2.37. The van der Waals surface area contributed by atoms with Gasteiger partial charge in [-0.05, 0) is 48.9 Å². The molecule has 2 unspecified atom stereocenters. The van der Waals surface area contributed by atoms with Crippen LogP contribution in [0.5, 0.6) is 5.75 Å². The van der Waals surface area contributed by atoms with Crippen LogP contribution in [0, 0.1) is 0 Å². The van der Waals surface area contributed by atoms with Gasteiger partial charge in [0.1, 0.15) is 5.75 Å². The van der Waals surface area contributed by atoms with Crippen molar-refractivity contribution in [3.8, 4) is 5.75 Å². The molecular weight excluding hydrogens is 232 g/mol. The Morgan fingerprint density at radius 3 is 3.00 bits per heavy atom. The normalized spacial score (nSPS) is 20.8. The Morgan fingerprint density at radius 2 is 2.29 bits per heavy atom. The zero-order valence-corrected chi connectivity index (χ0v) is 11.5. The first kappa shape index (κ1) is 12.8. The second-order valence-corrected chi connectivity index (χ2v) is 5.43. The smallest absolute Gasteiger partial charge is 0.119 e. The Hall–Kier alpha value is -0.690. The van der Waals surface area contributed by atoms with E-state index < -0.39 is 0 Å². The van der Waals surface area contributed by atoms with Gasteiger partial charge < -0.3 is 4.74 Å². The standard InChI is InChI=1S/C15H21ClO/c1-3-5-15(16)13-7-4-6-11-8-9-12(17-2)10-14(11)13/h8-10,13,15H,3-7H2,1-2H3. The predicted octanol–water partition coefficient (Wildman–Crippen LogP) is 4.52. The molecule has 0 saturated heterocycles. The molecule has 1 aliphatic carbocycles. The summed E-state index contributed by atoms with van der Waals surface area (Å²) in [7, 11) is 1.73. The van der Waals surface area contributed by atoms with Crippen LogP contribution in [0.4, 0.5) is 0 Å². The lowest BCUT2D eigenvalue weighted by Gasteiger charge is -2.29. The van der Waals surface area contributed by atoms with Crippen molar-refractivity contribution < 1.29 is 4.74 Å². The quantitative estimate of drug-likeness (QED) is 0.716. The predicted molar refractivity (Wildman–Crippen MR) is 73.2 cm³/mol. The van der Waals surface area contributed by atoms with Crippen LogP contribution in [0.25, 0.3) is 0 Å². The maximum absolute atomic E-state index is 6.54. The van der Waals surface area contributed by atoms with E-state index in [-0.39, 0.29) is 5.38 Å². The maximum atomic E-state index is 6.54. The lowest BCUT2D eigenvalue weighted by Crippen LogP contribution is -2.19. The van der Waals surface area contributed by atoms with E-state index in [0.29, 0.717) is 5.92 Å². The van der Waals surface area contributed by atoms with Gasteiger partial charge in [0.05, 0.1) is 7.11 Å². The van der Waals surface area contributed by atoms with E-state index in [1.165, 1.54) is 30.4 Å². The Labute approximate surface area is 109 Å². The van der Waals surface area contributed by atoms with Crippen LogP contribution >= 0.6 is 11.6 Å². The van der Waals surface area contributed by atoms with Crippen molar-refractivity contribution in [2.75, 3.05) is 7.11 Å². The van der Waals surface area contributed by atoms with Crippen LogP contribution in [-0.2, 0) is 6.42 Å². The van der Waals surface area contributed by atoms with E-state index >= 15 is 0 Å². The zero-order valence-electron chi connectivity index (χ0n) is 10.7. The number of hydrogen-bond acceptors (Lipinski definition) is 1. The molecule has 0 radical (unpaired) electrons. The first-order valence-corrected chi connectivity index (χ1v) is 7.00. The van der Waals surface area contributed by atoms with Crippen LogP contribution in [0.3, 0.4) is 0 Å². The molecule has 0 fully saturated rings. The number of halogens is 1. The van der Waals surface area contributed by atoms with Gasteiger partial charge in [-0.2, -0.15) is 0 Å². The topological polar surface area (TPSA) is 9.23 Å². The van der Waals surface area contributed by atoms with Gasteiger partial charge in [0.2, 0.25) is 0 Å². The van der Waals surface area contributed by atoms with E-state index in [9.17, 15) is 0 Å². The SMILES string of the molecule is CCCC(Cl)C1CCCc2ccc(OC)cc21. The number of methoxy groups -OCH3 is 1. The minimum atomic E-state index is 0.270. The molecule has 0 N–H and O–H groups in total. The highest BCUT2D eigenvalue weighted by atomic mass is 35.5. The van der Waals surface area contributed by atoms with E-state index in [0.717, 1.165) is 18.6 Å². The van der Waals surface area contributed by atoms with E-state index in [1.807, 2.05) is 0 Å². The maximum Gasteiger partial charge on any atom is 0.119 e. The number of aryl methyl sites for hydroxylation is 1. The number of benzene rings is 1. The average molecular weight is 253 g/mol. The highest BCUT2D eigenvalue weighted by molar-refractivity contribution is 6.21. The summed E-state index contributed by atoms with van der Waals surface area (Å²) in [5, 5.41) is 0.270. The zero-order chi connectivity index (χ0) is 12.3. The highest BCUT2D eigenvalue weighted by Crippen LogP contribution is 2.39. The van der Waals surface area contributed by atoms with Crippen molar-refractivity contribution in [1.29, 1.82) is 0 Å². The minimum absolute atomic E-state index is 0.270. The molecule has 0 aliphatic heterocycles. The van der Waals surface area contributed by atoms with Crippen molar-refractivity contribution in [3.05, 3.63) is 29.3 Å². The molecule has 0 amide bonds. The molecular formula is C15H21ClO. The van der Waals surface area contributed by atoms with Gasteiger partial charge in [0, 0.05) is 11.3 Å². The lowest BCUT2D eigenvalue weighted by atomic mass is 9.80.